The van der Waals surface area contributed by atoms with Gasteiger partial charge in [0.15, 0.2) is 0 Å². The summed E-state index contributed by atoms with van der Waals surface area (Å²) in [5, 5.41) is 10.8. The largest absolute Gasteiger partial charge is 0.391 e. The minimum Gasteiger partial charge on any atom is -0.391 e. The van der Waals surface area contributed by atoms with Crippen molar-refractivity contribution in [2.45, 2.75) is 30.9 Å². The molecule has 110 valence electrons. The zero-order valence-corrected chi connectivity index (χ0v) is 12.5. The zero-order chi connectivity index (χ0) is 14.4. The number of aryl methyl sites for hydroxylation is 1. The summed E-state index contributed by atoms with van der Waals surface area (Å²) in [6.45, 7) is 0.953. The lowest BCUT2D eigenvalue weighted by molar-refractivity contribution is 0.282. The lowest BCUT2D eigenvalue weighted by Crippen LogP contribution is -2.25. The van der Waals surface area contributed by atoms with Crippen LogP contribution in [0.2, 0.25) is 0 Å². The Balaban J connectivity index is 1.78. The van der Waals surface area contributed by atoms with E-state index in [1.807, 2.05) is 10.8 Å². The van der Waals surface area contributed by atoms with Gasteiger partial charge in [-0.25, -0.2) is 18.1 Å². The molecule has 20 heavy (non-hydrogen) atoms. The SMILES string of the molecule is O=S(=O)(NCCCCn1ccnc1)c1ccsc1CO. The first-order valence-electron chi connectivity index (χ1n) is 6.26. The summed E-state index contributed by atoms with van der Waals surface area (Å²) in [7, 11) is -3.51. The van der Waals surface area contributed by atoms with Crippen LogP contribution in [-0.2, 0) is 23.2 Å². The Morgan fingerprint density at radius 1 is 1.40 bits per heavy atom. The van der Waals surface area contributed by atoms with Gasteiger partial charge in [0.25, 0.3) is 0 Å². The Hall–Kier alpha value is -1.22. The number of imidazole rings is 1. The Morgan fingerprint density at radius 2 is 2.25 bits per heavy atom. The van der Waals surface area contributed by atoms with E-state index in [4.69, 9.17) is 5.11 Å². The molecule has 0 saturated carbocycles. The van der Waals surface area contributed by atoms with Crippen molar-refractivity contribution in [3.63, 3.8) is 0 Å². The molecule has 0 fully saturated rings. The van der Waals surface area contributed by atoms with Crippen molar-refractivity contribution in [3.05, 3.63) is 35.0 Å². The van der Waals surface area contributed by atoms with Crippen molar-refractivity contribution in [1.82, 2.24) is 14.3 Å². The van der Waals surface area contributed by atoms with E-state index in [2.05, 4.69) is 9.71 Å². The molecule has 0 amide bonds. The molecule has 0 aromatic carbocycles. The van der Waals surface area contributed by atoms with Crippen LogP contribution in [0, 0.1) is 0 Å². The Morgan fingerprint density at radius 3 is 2.95 bits per heavy atom. The van der Waals surface area contributed by atoms with Crippen LogP contribution in [0.25, 0.3) is 0 Å². The van der Waals surface area contributed by atoms with Crippen LogP contribution < -0.4 is 4.72 Å². The molecule has 0 aliphatic carbocycles. The summed E-state index contributed by atoms with van der Waals surface area (Å²) in [5.74, 6) is 0. The smallest absolute Gasteiger partial charge is 0.241 e. The predicted octanol–water partition coefficient (Wildman–Crippen LogP) is 1.20. The van der Waals surface area contributed by atoms with Crippen molar-refractivity contribution < 1.29 is 13.5 Å². The van der Waals surface area contributed by atoms with Gasteiger partial charge in [0, 0.05) is 30.4 Å². The second-order valence-electron chi connectivity index (χ2n) is 4.27. The molecule has 2 N–H and O–H groups in total. The van der Waals surface area contributed by atoms with E-state index in [1.165, 1.54) is 17.4 Å². The number of nitrogens with one attached hydrogen (secondary N) is 1. The van der Waals surface area contributed by atoms with Gasteiger partial charge in [-0.1, -0.05) is 0 Å². The van der Waals surface area contributed by atoms with Gasteiger partial charge < -0.3 is 9.67 Å². The highest BCUT2D eigenvalue weighted by Gasteiger charge is 2.18. The Labute approximate surface area is 122 Å². The maximum absolute atomic E-state index is 12.0. The standard InChI is InChI=1S/C12H17N3O3S2/c16-9-11-12(3-8-19-11)20(17,18)14-4-1-2-6-15-7-5-13-10-15/h3,5,7-8,10,14,16H,1-2,4,6,9H2. The molecule has 0 bridgehead atoms. The van der Waals surface area contributed by atoms with E-state index in [0.29, 0.717) is 11.4 Å². The maximum atomic E-state index is 12.0. The number of aromatic nitrogens is 2. The van der Waals surface area contributed by atoms with Gasteiger partial charge in [-0.15, -0.1) is 11.3 Å². The van der Waals surface area contributed by atoms with E-state index in [9.17, 15) is 8.42 Å². The van der Waals surface area contributed by atoms with Crippen molar-refractivity contribution >= 4 is 21.4 Å². The predicted molar refractivity (Wildman–Crippen MR) is 76.9 cm³/mol. The number of hydrogen-bond acceptors (Lipinski definition) is 5. The number of hydrogen-bond donors (Lipinski definition) is 2. The molecule has 2 rings (SSSR count). The average molecular weight is 315 g/mol. The fourth-order valence-corrected chi connectivity index (χ4v) is 4.17. The van der Waals surface area contributed by atoms with Gasteiger partial charge >= 0.3 is 0 Å². The maximum Gasteiger partial charge on any atom is 0.241 e. The highest BCUT2D eigenvalue weighted by Crippen LogP contribution is 2.21. The van der Waals surface area contributed by atoms with Crippen LogP contribution in [0.4, 0.5) is 0 Å². The van der Waals surface area contributed by atoms with Crippen LogP contribution in [0.1, 0.15) is 17.7 Å². The van der Waals surface area contributed by atoms with Crippen LogP contribution in [0.15, 0.2) is 35.1 Å². The fourth-order valence-electron chi connectivity index (χ4n) is 1.81. The van der Waals surface area contributed by atoms with Gasteiger partial charge in [-0.2, -0.15) is 0 Å². The molecule has 0 saturated heterocycles. The topological polar surface area (TPSA) is 84.2 Å². The molecule has 0 aliphatic heterocycles. The molecule has 0 radical (unpaired) electrons. The number of sulfonamides is 1. The Kier molecular flexibility index (Phi) is 5.30. The molecule has 6 nitrogen and oxygen atoms in total. The first-order chi connectivity index (χ1) is 9.63. The van der Waals surface area contributed by atoms with Crippen molar-refractivity contribution in [1.29, 1.82) is 0 Å². The van der Waals surface area contributed by atoms with Gasteiger partial charge in [-0.05, 0) is 24.3 Å². The second kappa shape index (κ2) is 6.98. The third kappa shape index (κ3) is 3.89. The molecule has 0 spiro atoms. The first kappa shape index (κ1) is 15.2. The lowest BCUT2D eigenvalue weighted by atomic mass is 10.3. The molecule has 0 aliphatic rings. The third-order valence-corrected chi connectivity index (χ3v) is 5.41. The van der Waals surface area contributed by atoms with E-state index >= 15 is 0 Å². The van der Waals surface area contributed by atoms with Crippen LogP contribution in [-0.4, -0.2) is 29.6 Å². The van der Waals surface area contributed by atoms with Gasteiger partial charge in [-0.3, -0.25) is 0 Å². The van der Waals surface area contributed by atoms with Crippen LogP contribution in [0.3, 0.4) is 0 Å². The highest BCUT2D eigenvalue weighted by molar-refractivity contribution is 7.89. The van der Waals surface area contributed by atoms with Crippen LogP contribution in [0.5, 0.6) is 0 Å². The number of thiophene rings is 1. The molecule has 0 unspecified atom stereocenters. The van der Waals surface area contributed by atoms with E-state index in [-0.39, 0.29) is 11.5 Å². The van der Waals surface area contributed by atoms with E-state index < -0.39 is 10.0 Å². The van der Waals surface area contributed by atoms with E-state index in [0.717, 1.165) is 19.4 Å². The Bertz CT molecular complexity index is 620. The quantitative estimate of drug-likeness (QED) is 0.717. The fraction of sp³-hybridized carbons (Fsp3) is 0.417. The summed E-state index contributed by atoms with van der Waals surface area (Å²) in [5.41, 5.74) is 0. The first-order valence-corrected chi connectivity index (χ1v) is 8.62. The normalized spacial score (nSPS) is 11.8. The number of rotatable bonds is 8. The molecule has 2 aromatic heterocycles. The van der Waals surface area contributed by atoms with Gasteiger partial charge in [0.05, 0.1) is 17.8 Å². The van der Waals surface area contributed by atoms with Crippen molar-refractivity contribution in [2.75, 3.05) is 6.54 Å². The molecular weight excluding hydrogens is 298 g/mol. The highest BCUT2D eigenvalue weighted by atomic mass is 32.2. The zero-order valence-electron chi connectivity index (χ0n) is 10.9. The second-order valence-corrected chi connectivity index (χ2v) is 7.01. The average Bonchev–Trinajstić information content (AvgIpc) is 3.09. The van der Waals surface area contributed by atoms with E-state index in [1.54, 1.807) is 17.9 Å². The summed E-state index contributed by atoms with van der Waals surface area (Å²) < 4.78 is 28.6. The number of aliphatic hydroxyl groups is 1. The minimum absolute atomic E-state index is 0.180. The summed E-state index contributed by atoms with van der Waals surface area (Å²) >= 11 is 1.24. The van der Waals surface area contributed by atoms with Crippen molar-refractivity contribution in [2.24, 2.45) is 0 Å². The minimum atomic E-state index is -3.51. The number of nitrogens with zero attached hydrogens (tertiary/aromatic N) is 2. The molecule has 2 heterocycles. The molecule has 8 heteroatoms. The van der Waals surface area contributed by atoms with Gasteiger partial charge in [0.1, 0.15) is 0 Å². The van der Waals surface area contributed by atoms with Gasteiger partial charge in [0.2, 0.25) is 10.0 Å². The molecule has 2 aromatic rings. The third-order valence-electron chi connectivity index (χ3n) is 2.83. The lowest BCUT2D eigenvalue weighted by Gasteiger charge is -2.07. The van der Waals surface area contributed by atoms with Crippen molar-refractivity contribution in [3.8, 4) is 0 Å². The number of aliphatic hydroxyl groups excluding tert-OH is 1. The van der Waals surface area contributed by atoms with Crippen LogP contribution >= 0.6 is 11.3 Å². The molecular formula is C12H17N3O3S2. The summed E-state index contributed by atoms with van der Waals surface area (Å²) in [6, 6.07) is 1.52. The molecule has 0 atom stereocenters. The summed E-state index contributed by atoms with van der Waals surface area (Å²) in [4.78, 5) is 4.59. The number of unbranched alkanes of at least 4 members (excludes halogenated alkanes) is 1. The summed E-state index contributed by atoms with van der Waals surface area (Å²) in [6.07, 6.45) is 6.95. The monoisotopic (exact) mass is 315 g/mol.